The monoisotopic (exact) mass is 265 g/mol. The van der Waals surface area contributed by atoms with E-state index < -0.39 is 5.60 Å². The fourth-order valence-corrected chi connectivity index (χ4v) is 2.71. The molecule has 0 aromatic heterocycles. The van der Waals surface area contributed by atoms with E-state index in [0.717, 1.165) is 44.1 Å². The number of aryl methyl sites for hydroxylation is 1. The molecule has 0 amide bonds. The third-order valence-electron chi connectivity index (χ3n) is 4.09. The molecule has 0 heterocycles. The van der Waals surface area contributed by atoms with Gasteiger partial charge in [-0.15, -0.1) is 0 Å². The summed E-state index contributed by atoms with van der Waals surface area (Å²) < 4.78 is 12.8. The number of hydrogen-bond acceptors (Lipinski definition) is 2. The average Bonchev–Trinajstić information content (AvgIpc) is 2.83. The van der Waals surface area contributed by atoms with Crippen LogP contribution in [0.2, 0.25) is 0 Å². The van der Waals surface area contributed by atoms with Crippen molar-refractivity contribution in [2.24, 2.45) is 0 Å². The van der Waals surface area contributed by atoms with Crippen LogP contribution in [-0.2, 0) is 6.42 Å². The summed E-state index contributed by atoms with van der Waals surface area (Å²) in [4.78, 5) is 0. The first-order valence-corrected chi connectivity index (χ1v) is 7.28. The molecule has 1 aliphatic rings. The normalized spacial score (nSPS) is 19.5. The van der Waals surface area contributed by atoms with Gasteiger partial charge in [0.2, 0.25) is 0 Å². The molecule has 106 valence electrons. The van der Waals surface area contributed by atoms with Gasteiger partial charge in [0.25, 0.3) is 0 Å². The predicted octanol–water partition coefficient (Wildman–Crippen LogP) is 3.04. The molecule has 2 rings (SSSR count). The van der Waals surface area contributed by atoms with E-state index in [1.165, 1.54) is 12.1 Å². The summed E-state index contributed by atoms with van der Waals surface area (Å²) in [6.45, 7) is 2.83. The Morgan fingerprint density at radius 3 is 2.53 bits per heavy atom. The van der Waals surface area contributed by atoms with E-state index in [4.69, 9.17) is 0 Å². The van der Waals surface area contributed by atoms with Crippen molar-refractivity contribution >= 4 is 0 Å². The highest BCUT2D eigenvalue weighted by molar-refractivity contribution is 5.16. The van der Waals surface area contributed by atoms with Crippen LogP contribution in [0.15, 0.2) is 24.3 Å². The minimum Gasteiger partial charge on any atom is -0.389 e. The van der Waals surface area contributed by atoms with Crippen molar-refractivity contribution in [3.63, 3.8) is 0 Å². The molecule has 0 saturated heterocycles. The first-order chi connectivity index (χ1) is 9.07. The summed E-state index contributed by atoms with van der Waals surface area (Å²) in [5.74, 6) is -0.182. The van der Waals surface area contributed by atoms with Gasteiger partial charge in [-0.3, -0.25) is 0 Å². The van der Waals surface area contributed by atoms with Crippen LogP contribution in [0.1, 0.15) is 44.6 Å². The minimum absolute atomic E-state index is 0.182. The van der Waals surface area contributed by atoms with Gasteiger partial charge in [0.1, 0.15) is 5.82 Å². The van der Waals surface area contributed by atoms with Gasteiger partial charge in [-0.25, -0.2) is 4.39 Å². The van der Waals surface area contributed by atoms with E-state index in [1.54, 1.807) is 0 Å². The van der Waals surface area contributed by atoms with E-state index >= 15 is 0 Å². The zero-order chi connectivity index (χ0) is 13.7. The Hall–Kier alpha value is -0.930. The average molecular weight is 265 g/mol. The number of aliphatic hydroxyl groups is 1. The second-order valence-corrected chi connectivity index (χ2v) is 5.88. The first kappa shape index (κ1) is 14.5. The van der Waals surface area contributed by atoms with Gasteiger partial charge in [-0.05, 0) is 50.3 Å². The lowest BCUT2D eigenvalue weighted by atomic mass is 10.0. The molecule has 0 radical (unpaired) electrons. The molecule has 1 fully saturated rings. The van der Waals surface area contributed by atoms with E-state index in [2.05, 4.69) is 12.2 Å². The van der Waals surface area contributed by atoms with Crippen molar-refractivity contribution in [2.75, 3.05) is 6.54 Å². The van der Waals surface area contributed by atoms with Crippen molar-refractivity contribution < 1.29 is 9.50 Å². The Morgan fingerprint density at radius 1 is 1.26 bits per heavy atom. The molecule has 1 saturated carbocycles. The molecule has 0 aliphatic heterocycles. The van der Waals surface area contributed by atoms with Gasteiger partial charge < -0.3 is 10.4 Å². The van der Waals surface area contributed by atoms with Crippen LogP contribution < -0.4 is 5.32 Å². The second kappa shape index (κ2) is 6.49. The van der Waals surface area contributed by atoms with Crippen molar-refractivity contribution in [2.45, 2.75) is 57.1 Å². The van der Waals surface area contributed by atoms with E-state index in [0.29, 0.717) is 12.6 Å². The van der Waals surface area contributed by atoms with Gasteiger partial charge in [0.15, 0.2) is 0 Å². The Labute approximate surface area is 115 Å². The summed E-state index contributed by atoms with van der Waals surface area (Å²) in [7, 11) is 0. The van der Waals surface area contributed by atoms with Crippen molar-refractivity contribution in [1.82, 2.24) is 5.32 Å². The maximum Gasteiger partial charge on any atom is 0.123 e. The molecule has 0 spiro atoms. The van der Waals surface area contributed by atoms with Crippen LogP contribution >= 0.6 is 0 Å². The van der Waals surface area contributed by atoms with Gasteiger partial charge in [-0.1, -0.05) is 25.0 Å². The largest absolute Gasteiger partial charge is 0.389 e. The number of benzene rings is 1. The Morgan fingerprint density at radius 2 is 1.89 bits per heavy atom. The molecule has 19 heavy (non-hydrogen) atoms. The van der Waals surface area contributed by atoms with Gasteiger partial charge in [-0.2, -0.15) is 0 Å². The zero-order valence-corrected chi connectivity index (χ0v) is 11.7. The quantitative estimate of drug-likeness (QED) is 0.828. The molecule has 2 N–H and O–H groups in total. The Bertz CT molecular complexity index is 384. The molecule has 3 heteroatoms. The molecule has 1 atom stereocenters. The number of rotatable bonds is 6. The molecular weight excluding hydrogens is 241 g/mol. The van der Waals surface area contributed by atoms with Crippen LogP contribution in [0.25, 0.3) is 0 Å². The lowest BCUT2D eigenvalue weighted by molar-refractivity contribution is 0.0451. The van der Waals surface area contributed by atoms with Gasteiger partial charge >= 0.3 is 0 Å². The first-order valence-electron chi connectivity index (χ1n) is 7.28. The van der Waals surface area contributed by atoms with Crippen LogP contribution in [0.5, 0.6) is 0 Å². The third-order valence-corrected chi connectivity index (χ3v) is 4.09. The SMILES string of the molecule is CC(CCc1ccc(F)cc1)NCC1(O)CCCC1. The summed E-state index contributed by atoms with van der Waals surface area (Å²) in [5.41, 5.74) is 0.680. The Kier molecular flexibility index (Phi) is 4.94. The predicted molar refractivity (Wildman–Crippen MR) is 75.6 cm³/mol. The molecule has 1 aliphatic carbocycles. The lowest BCUT2D eigenvalue weighted by Gasteiger charge is -2.25. The molecule has 0 bridgehead atoms. The lowest BCUT2D eigenvalue weighted by Crippen LogP contribution is -2.41. The molecule has 1 aromatic carbocycles. The number of hydrogen-bond donors (Lipinski definition) is 2. The highest BCUT2D eigenvalue weighted by atomic mass is 19.1. The summed E-state index contributed by atoms with van der Waals surface area (Å²) in [5, 5.41) is 13.7. The fourth-order valence-electron chi connectivity index (χ4n) is 2.71. The smallest absolute Gasteiger partial charge is 0.123 e. The summed E-state index contributed by atoms with van der Waals surface area (Å²) in [6, 6.07) is 7.07. The highest BCUT2D eigenvalue weighted by Gasteiger charge is 2.30. The van der Waals surface area contributed by atoms with Crippen LogP contribution in [0.3, 0.4) is 0 Å². The Balaban J connectivity index is 1.69. The minimum atomic E-state index is -0.482. The molecule has 2 nitrogen and oxygen atoms in total. The summed E-state index contributed by atoms with van der Waals surface area (Å²) in [6.07, 6.45) is 6.06. The maximum atomic E-state index is 12.8. The third kappa shape index (κ3) is 4.59. The van der Waals surface area contributed by atoms with Crippen molar-refractivity contribution in [3.05, 3.63) is 35.6 Å². The fraction of sp³-hybridized carbons (Fsp3) is 0.625. The van der Waals surface area contributed by atoms with Gasteiger partial charge in [0.05, 0.1) is 5.60 Å². The number of halogens is 1. The molecule has 1 aromatic rings. The van der Waals surface area contributed by atoms with Crippen molar-refractivity contribution in [3.8, 4) is 0 Å². The van der Waals surface area contributed by atoms with Gasteiger partial charge in [0, 0.05) is 12.6 Å². The van der Waals surface area contributed by atoms with E-state index in [1.807, 2.05) is 12.1 Å². The van der Waals surface area contributed by atoms with E-state index in [9.17, 15) is 9.50 Å². The zero-order valence-electron chi connectivity index (χ0n) is 11.7. The topological polar surface area (TPSA) is 32.3 Å². The van der Waals surface area contributed by atoms with Crippen LogP contribution in [0, 0.1) is 5.82 Å². The highest BCUT2D eigenvalue weighted by Crippen LogP contribution is 2.28. The van der Waals surface area contributed by atoms with Crippen molar-refractivity contribution in [1.29, 1.82) is 0 Å². The van der Waals surface area contributed by atoms with Crippen LogP contribution in [0.4, 0.5) is 4.39 Å². The second-order valence-electron chi connectivity index (χ2n) is 5.88. The molecule has 1 unspecified atom stereocenters. The molecular formula is C16H24FNO. The number of nitrogens with one attached hydrogen (secondary N) is 1. The standard InChI is InChI=1S/C16H24FNO/c1-13(18-12-16(19)10-2-3-11-16)4-5-14-6-8-15(17)9-7-14/h6-9,13,18-19H,2-5,10-12H2,1H3. The summed E-state index contributed by atoms with van der Waals surface area (Å²) >= 11 is 0. The van der Waals surface area contributed by atoms with Crippen LogP contribution in [-0.4, -0.2) is 23.3 Å². The maximum absolute atomic E-state index is 12.8. The van der Waals surface area contributed by atoms with E-state index in [-0.39, 0.29) is 5.82 Å².